The molecule has 98 valence electrons. The van der Waals surface area contributed by atoms with E-state index in [1.807, 2.05) is 0 Å². The zero-order chi connectivity index (χ0) is 12.5. The molecule has 1 unspecified atom stereocenters. The molecule has 2 rings (SSSR count). The molecule has 0 spiro atoms. The predicted molar refractivity (Wildman–Crippen MR) is 72.6 cm³/mol. The Hall–Kier alpha value is -0.570. The highest BCUT2D eigenvalue weighted by Crippen LogP contribution is 2.25. The molecule has 1 N–H and O–H groups in total. The maximum atomic E-state index is 8.25. The van der Waals surface area contributed by atoms with Gasteiger partial charge in [0, 0.05) is 24.5 Å². The van der Waals surface area contributed by atoms with Crippen LogP contribution in [0.4, 0.5) is 0 Å². The number of hydrogen-bond acceptors (Lipinski definition) is 2. The van der Waals surface area contributed by atoms with Gasteiger partial charge in [0.05, 0.1) is 0 Å². The zero-order valence-corrected chi connectivity index (χ0v) is 11.6. The monoisotopic (exact) mass is 237 g/mol. The van der Waals surface area contributed by atoms with Crippen molar-refractivity contribution >= 4 is 5.84 Å². The molecule has 2 fully saturated rings. The predicted octanol–water partition coefficient (Wildman–Crippen LogP) is 2.57. The average Bonchev–Trinajstić information content (AvgIpc) is 2.77. The minimum absolute atomic E-state index is 0.00319. The molecule has 2 heterocycles. The molecule has 2 aliphatic heterocycles. The van der Waals surface area contributed by atoms with Gasteiger partial charge in [-0.2, -0.15) is 0 Å². The van der Waals surface area contributed by atoms with Crippen LogP contribution in [0.15, 0.2) is 0 Å². The lowest BCUT2D eigenvalue weighted by Gasteiger charge is -2.33. The van der Waals surface area contributed by atoms with Gasteiger partial charge in [-0.05, 0) is 32.4 Å². The molecule has 0 aromatic carbocycles. The Balaban J connectivity index is 1.88. The average molecular weight is 237 g/mol. The Morgan fingerprint density at radius 3 is 2.29 bits per heavy atom. The summed E-state index contributed by atoms with van der Waals surface area (Å²) in [6, 6.07) is 0.706. The molecule has 2 aliphatic rings. The van der Waals surface area contributed by atoms with Crippen LogP contribution in [0.1, 0.15) is 46.5 Å². The van der Waals surface area contributed by atoms with E-state index >= 15 is 0 Å². The van der Waals surface area contributed by atoms with Crippen LogP contribution < -0.4 is 0 Å². The number of nitrogens with one attached hydrogen (secondary N) is 1. The fourth-order valence-electron chi connectivity index (χ4n) is 3.00. The van der Waals surface area contributed by atoms with E-state index in [2.05, 4.69) is 30.6 Å². The van der Waals surface area contributed by atoms with Gasteiger partial charge in [-0.1, -0.05) is 27.2 Å². The largest absolute Gasteiger partial charge is 0.358 e. The van der Waals surface area contributed by atoms with Crippen LogP contribution in [0.25, 0.3) is 0 Å². The lowest BCUT2D eigenvalue weighted by Crippen LogP contribution is -2.43. The van der Waals surface area contributed by atoms with Crippen molar-refractivity contribution in [2.24, 2.45) is 5.41 Å². The van der Waals surface area contributed by atoms with Crippen LogP contribution in [0.5, 0.6) is 0 Å². The second-order valence-corrected chi connectivity index (χ2v) is 6.58. The number of piperidine rings is 1. The number of rotatable bonds is 1. The first kappa shape index (κ1) is 12.9. The van der Waals surface area contributed by atoms with E-state index in [4.69, 9.17) is 5.41 Å². The van der Waals surface area contributed by atoms with E-state index < -0.39 is 0 Å². The van der Waals surface area contributed by atoms with Crippen LogP contribution in [-0.4, -0.2) is 47.9 Å². The standard InChI is InChI=1S/C14H27N3/c1-14(2,3)13(15)17-10-7-12(11-17)16-8-5-4-6-9-16/h12,15H,4-11H2,1-3H3. The summed E-state index contributed by atoms with van der Waals surface area (Å²) >= 11 is 0. The molecule has 2 saturated heterocycles. The number of nitrogens with zero attached hydrogens (tertiary/aromatic N) is 2. The summed E-state index contributed by atoms with van der Waals surface area (Å²) in [6.07, 6.45) is 5.39. The minimum atomic E-state index is -0.00319. The van der Waals surface area contributed by atoms with Crippen LogP contribution in [0, 0.1) is 10.8 Å². The summed E-state index contributed by atoms with van der Waals surface area (Å²) in [6.45, 7) is 11.1. The molecule has 0 saturated carbocycles. The summed E-state index contributed by atoms with van der Waals surface area (Å²) in [5.74, 6) is 0.817. The van der Waals surface area contributed by atoms with Gasteiger partial charge >= 0.3 is 0 Å². The van der Waals surface area contributed by atoms with Crippen LogP contribution in [0.3, 0.4) is 0 Å². The smallest absolute Gasteiger partial charge is 0.101 e. The molecule has 17 heavy (non-hydrogen) atoms. The van der Waals surface area contributed by atoms with Crippen molar-refractivity contribution in [3.63, 3.8) is 0 Å². The van der Waals surface area contributed by atoms with E-state index in [-0.39, 0.29) is 5.41 Å². The highest BCUT2D eigenvalue weighted by Gasteiger charge is 2.32. The number of hydrogen-bond donors (Lipinski definition) is 1. The van der Waals surface area contributed by atoms with Gasteiger partial charge in [0.1, 0.15) is 5.84 Å². The minimum Gasteiger partial charge on any atom is -0.358 e. The van der Waals surface area contributed by atoms with E-state index in [9.17, 15) is 0 Å². The molecular weight excluding hydrogens is 210 g/mol. The fourth-order valence-corrected chi connectivity index (χ4v) is 3.00. The molecule has 1 atom stereocenters. The molecule has 3 nitrogen and oxygen atoms in total. The van der Waals surface area contributed by atoms with Gasteiger partial charge < -0.3 is 4.90 Å². The van der Waals surface area contributed by atoms with Crippen molar-refractivity contribution in [2.45, 2.75) is 52.5 Å². The third-order valence-electron chi connectivity index (χ3n) is 4.10. The number of amidine groups is 1. The van der Waals surface area contributed by atoms with Crippen molar-refractivity contribution < 1.29 is 0 Å². The molecular formula is C14H27N3. The third-order valence-corrected chi connectivity index (χ3v) is 4.10. The molecule has 0 bridgehead atoms. The maximum Gasteiger partial charge on any atom is 0.101 e. The van der Waals surface area contributed by atoms with E-state index in [1.54, 1.807) is 0 Å². The zero-order valence-electron chi connectivity index (χ0n) is 11.6. The van der Waals surface area contributed by atoms with Gasteiger partial charge in [0.25, 0.3) is 0 Å². The van der Waals surface area contributed by atoms with Crippen molar-refractivity contribution in [3.05, 3.63) is 0 Å². The highest BCUT2D eigenvalue weighted by atomic mass is 15.3. The van der Waals surface area contributed by atoms with Crippen LogP contribution >= 0.6 is 0 Å². The molecule has 0 amide bonds. The van der Waals surface area contributed by atoms with Crippen LogP contribution in [-0.2, 0) is 0 Å². The molecule has 0 aromatic heterocycles. The van der Waals surface area contributed by atoms with Crippen molar-refractivity contribution in [1.29, 1.82) is 5.41 Å². The molecule has 0 aromatic rings. The summed E-state index contributed by atoms with van der Waals surface area (Å²) in [5, 5.41) is 8.25. The number of likely N-dealkylation sites (tertiary alicyclic amines) is 2. The third kappa shape index (κ3) is 3.01. The molecule has 0 radical (unpaired) electrons. The Morgan fingerprint density at radius 1 is 1.06 bits per heavy atom. The second-order valence-electron chi connectivity index (χ2n) is 6.58. The first-order valence-corrected chi connectivity index (χ1v) is 7.06. The van der Waals surface area contributed by atoms with Gasteiger partial charge in [-0.25, -0.2) is 0 Å². The maximum absolute atomic E-state index is 8.25. The summed E-state index contributed by atoms with van der Waals surface area (Å²) < 4.78 is 0. The Bertz CT molecular complexity index is 274. The molecule has 0 aliphatic carbocycles. The first-order chi connectivity index (χ1) is 7.98. The van der Waals surface area contributed by atoms with E-state index in [0.717, 1.165) is 18.9 Å². The highest BCUT2D eigenvalue weighted by molar-refractivity contribution is 5.84. The fraction of sp³-hybridized carbons (Fsp3) is 0.929. The van der Waals surface area contributed by atoms with Gasteiger partial charge in [0.15, 0.2) is 0 Å². The lowest BCUT2D eigenvalue weighted by molar-refractivity contribution is 0.168. The van der Waals surface area contributed by atoms with Gasteiger partial charge in [-0.3, -0.25) is 10.3 Å². The van der Waals surface area contributed by atoms with Gasteiger partial charge in [0.2, 0.25) is 0 Å². The van der Waals surface area contributed by atoms with Crippen molar-refractivity contribution in [3.8, 4) is 0 Å². The van der Waals surface area contributed by atoms with Crippen LogP contribution in [0.2, 0.25) is 0 Å². The topological polar surface area (TPSA) is 30.3 Å². The molecule has 3 heteroatoms. The summed E-state index contributed by atoms with van der Waals surface area (Å²) in [5.41, 5.74) is -0.00319. The quantitative estimate of drug-likeness (QED) is 0.561. The second kappa shape index (κ2) is 4.97. The summed E-state index contributed by atoms with van der Waals surface area (Å²) in [7, 11) is 0. The van der Waals surface area contributed by atoms with Gasteiger partial charge in [-0.15, -0.1) is 0 Å². The van der Waals surface area contributed by atoms with E-state index in [0.29, 0.717) is 6.04 Å². The van der Waals surface area contributed by atoms with Crippen molar-refractivity contribution in [2.75, 3.05) is 26.2 Å². The first-order valence-electron chi connectivity index (χ1n) is 7.06. The van der Waals surface area contributed by atoms with E-state index in [1.165, 1.54) is 38.8 Å². The van der Waals surface area contributed by atoms with Crippen molar-refractivity contribution in [1.82, 2.24) is 9.80 Å². The SMILES string of the molecule is CC(C)(C)C(=N)N1CCC(N2CCCCC2)C1. The Kier molecular flexibility index (Phi) is 3.76. The summed E-state index contributed by atoms with van der Waals surface area (Å²) in [4.78, 5) is 4.94. The normalized spacial score (nSPS) is 27.5. The Labute approximate surface area is 106 Å². The Morgan fingerprint density at radius 2 is 1.71 bits per heavy atom. The lowest BCUT2D eigenvalue weighted by atomic mass is 9.94.